The predicted octanol–water partition coefficient (Wildman–Crippen LogP) is 3.03. The topological polar surface area (TPSA) is 86.8 Å². The molecule has 2 rings (SSSR count). The number of nitrogens with one attached hydrogen (secondary N) is 1. The second kappa shape index (κ2) is 12.5. The zero-order valence-electron chi connectivity index (χ0n) is 19.9. The van der Waals surface area contributed by atoms with E-state index in [0.29, 0.717) is 12.5 Å². The minimum absolute atomic E-state index is 0.0829. The Bertz CT molecular complexity index is 995. The molecule has 33 heavy (non-hydrogen) atoms. The molecule has 0 aliphatic carbocycles. The van der Waals surface area contributed by atoms with Crippen molar-refractivity contribution in [2.75, 3.05) is 19.3 Å². The minimum atomic E-state index is -3.65. The molecule has 0 saturated carbocycles. The maximum absolute atomic E-state index is 13.4. The molecule has 0 aliphatic rings. The first kappa shape index (κ1) is 26.5. The molecule has 0 aromatic heterocycles. The zero-order chi connectivity index (χ0) is 24.4. The van der Waals surface area contributed by atoms with Crippen molar-refractivity contribution in [1.82, 2.24) is 14.5 Å². The monoisotopic (exact) mass is 473 g/mol. The van der Waals surface area contributed by atoms with Crippen LogP contribution in [0.2, 0.25) is 0 Å². The van der Waals surface area contributed by atoms with Crippen LogP contribution in [0, 0.1) is 5.92 Å². The fourth-order valence-corrected chi connectivity index (χ4v) is 4.04. The van der Waals surface area contributed by atoms with E-state index in [-0.39, 0.29) is 25.5 Å². The van der Waals surface area contributed by atoms with Gasteiger partial charge in [-0.05, 0) is 30.4 Å². The van der Waals surface area contributed by atoms with Crippen LogP contribution in [0.1, 0.15) is 38.3 Å². The van der Waals surface area contributed by atoms with Crippen molar-refractivity contribution in [3.8, 4) is 0 Å². The van der Waals surface area contributed by atoms with E-state index in [4.69, 9.17) is 0 Å². The summed E-state index contributed by atoms with van der Waals surface area (Å²) in [6, 6.07) is 17.7. The smallest absolute Gasteiger partial charge is 0.242 e. The van der Waals surface area contributed by atoms with Crippen molar-refractivity contribution in [3.63, 3.8) is 0 Å². The van der Waals surface area contributed by atoms with E-state index < -0.39 is 22.0 Å². The number of carbonyl (C=O) groups excluding carboxylic acids is 2. The quantitative estimate of drug-likeness (QED) is 0.513. The Labute approximate surface area is 197 Å². The molecule has 1 N–H and O–H groups in total. The maximum Gasteiger partial charge on any atom is 0.242 e. The summed E-state index contributed by atoms with van der Waals surface area (Å²) in [5.41, 5.74) is 1.64. The molecule has 0 saturated heterocycles. The molecule has 7 nitrogen and oxygen atoms in total. The van der Waals surface area contributed by atoms with Crippen molar-refractivity contribution in [2.45, 2.75) is 46.3 Å². The van der Waals surface area contributed by atoms with Gasteiger partial charge in [0.15, 0.2) is 0 Å². The van der Waals surface area contributed by atoms with Crippen molar-refractivity contribution in [2.24, 2.45) is 5.92 Å². The number of hydrogen-bond donors (Lipinski definition) is 1. The molecule has 1 atom stereocenters. The summed E-state index contributed by atoms with van der Waals surface area (Å²) in [4.78, 5) is 27.6. The van der Waals surface area contributed by atoms with E-state index in [1.807, 2.05) is 60.7 Å². The van der Waals surface area contributed by atoms with Gasteiger partial charge in [0.1, 0.15) is 6.04 Å². The van der Waals surface area contributed by atoms with E-state index in [1.54, 1.807) is 6.92 Å². The van der Waals surface area contributed by atoms with Gasteiger partial charge in [0.05, 0.1) is 12.8 Å². The molecule has 0 spiro atoms. The van der Waals surface area contributed by atoms with Gasteiger partial charge in [-0.2, -0.15) is 4.31 Å². The van der Waals surface area contributed by atoms with E-state index in [1.165, 1.54) is 4.90 Å². The molecule has 0 heterocycles. The van der Waals surface area contributed by atoms with Crippen molar-refractivity contribution in [1.29, 1.82) is 0 Å². The molecule has 0 unspecified atom stereocenters. The highest BCUT2D eigenvalue weighted by molar-refractivity contribution is 7.88. The van der Waals surface area contributed by atoms with Gasteiger partial charge in [0.25, 0.3) is 0 Å². The number of benzene rings is 2. The third kappa shape index (κ3) is 8.98. The minimum Gasteiger partial charge on any atom is -0.354 e. The number of hydrogen-bond acceptors (Lipinski definition) is 4. The molecule has 2 amide bonds. The highest BCUT2D eigenvalue weighted by atomic mass is 32.2. The molecule has 2 aromatic carbocycles. The third-order valence-electron chi connectivity index (χ3n) is 5.37. The number of amides is 2. The molecule has 0 radical (unpaired) electrons. The second-order valence-electron chi connectivity index (χ2n) is 8.67. The molecule has 8 heteroatoms. The van der Waals surface area contributed by atoms with Gasteiger partial charge >= 0.3 is 0 Å². The molecular weight excluding hydrogens is 438 g/mol. The van der Waals surface area contributed by atoms with Crippen LogP contribution in [0.5, 0.6) is 0 Å². The first-order valence-corrected chi connectivity index (χ1v) is 13.0. The van der Waals surface area contributed by atoms with Crippen LogP contribution in [0.15, 0.2) is 60.7 Å². The van der Waals surface area contributed by atoms with Gasteiger partial charge in [-0.25, -0.2) is 8.42 Å². The molecule has 2 aromatic rings. The number of rotatable bonds is 12. The van der Waals surface area contributed by atoms with Crippen LogP contribution in [-0.4, -0.2) is 54.8 Å². The van der Waals surface area contributed by atoms with Gasteiger partial charge in [0.2, 0.25) is 21.8 Å². The van der Waals surface area contributed by atoms with Crippen LogP contribution in [0.25, 0.3) is 0 Å². The standard InChI is InChI=1S/C25H35N3O4S/c1-20(2)15-16-26-25(30)21(3)28(18-23-13-9-6-10-14-23)24(29)19-27(33(4,31)32)17-22-11-7-5-8-12-22/h5-14,20-21H,15-19H2,1-4H3,(H,26,30)/t21-/m1/s1. The van der Waals surface area contributed by atoms with E-state index in [2.05, 4.69) is 19.2 Å². The lowest BCUT2D eigenvalue weighted by atomic mass is 10.1. The zero-order valence-corrected chi connectivity index (χ0v) is 20.7. The lowest BCUT2D eigenvalue weighted by molar-refractivity contribution is -0.140. The van der Waals surface area contributed by atoms with Crippen LogP contribution >= 0.6 is 0 Å². The Balaban J connectivity index is 2.22. The SMILES string of the molecule is CC(C)CCNC(=O)[C@@H](C)N(Cc1ccccc1)C(=O)CN(Cc1ccccc1)S(C)(=O)=O. The fraction of sp³-hybridized carbons (Fsp3) is 0.440. The third-order valence-corrected chi connectivity index (χ3v) is 6.56. The Morgan fingerprint density at radius 1 is 0.879 bits per heavy atom. The van der Waals surface area contributed by atoms with Gasteiger partial charge in [-0.3, -0.25) is 9.59 Å². The van der Waals surface area contributed by atoms with Crippen LogP contribution in [-0.2, 0) is 32.7 Å². The van der Waals surface area contributed by atoms with Crippen molar-refractivity contribution < 1.29 is 18.0 Å². The molecule has 180 valence electrons. The average Bonchev–Trinajstić information content (AvgIpc) is 2.77. The molecule has 0 bridgehead atoms. The maximum atomic E-state index is 13.4. The molecule has 0 fully saturated rings. The summed E-state index contributed by atoms with van der Waals surface area (Å²) in [6.07, 6.45) is 1.93. The number of carbonyl (C=O) groups is 2. The Kier molecular flexibility index (Phi) is 10.1. The highest BCUT2D eigenvalue weighted by Gasteiger charge is 2.29. The van der Waals surface area contributed by atoms with Gasteiger partial charge in [-0.1, -0.05) is 74.5 Å². The Morgan fingerprint density at radius 3 is 1.88 bits per heavy atom. The van der Waals surface area contributed by atoms with Crippen molar-refractivity contribution >= 4 is 21.8 Å². The van der Waals surface area contributed by atoms with Crippen LogP contribution in [0.4, 0.5) is 0 Å². The summed E-state index contributed by atoms with van der Waals surface area (Å²) in [7, 11) is -3.65. The average molecular weight is 474 g/mol. The van der Waals surface area contributed by atoms with E-state index in [0.717, 1.165) is 28.1 Å². The lowest BCUT2D eigenvalue weighted by Gasteiger charge is -2.31. The van der Waals surface area contributed by atoms with E-state index in [9.17, 15) is 18.0 Å². The summed E-state index contributed by atoms with van der Waals surface area (Å²) in [5.74, 6) is -0.232. The lowest BCUT2D eigenvalue weighted by Crippen LogP contribution is -2.51. The second-order valence-corrected chi connectivity index (χ2v) is 10.7. The predicted molar refractivity (Wildman–Crippen MR) is 131 cm³/mol. The van der Waals surface area contributed by atoms with Crippen LogP contribution in [0.3, 0.4) is 0 Å². The van der Waals surface area contributed by atoms with Gasteiger partial charge in [0, 0.05) is 19.6 Å². The first-order valence-electron chi connectivity index (χ1n) is 11.2. The molecule has 0 aliphatic heterocycles. The van der Waals surface area contributed by atoms with E-state index >= 15 is 0 Å². The summed E-state index contributed by atoms with van der Waals surface area (Å²) in [5, 5.41) is 2.89. The largest absolute Gasteiger partial charge is 0.354 e. The Hall–Kier alpha value is -2.71. The van der Waals surface area contributed by atoms with Gasteiger partial charge in [-0.15, -0.1) is 0 Å². The number of sulfonamides is 1. The van der Waals surface area contributed by atoms with Gasteiger partial charge < -0.3 is 10.2 Å². The Morgan fingerprint density at radius 2 is 1.39 bits per heavy atom. The normalized spacial score (nSPS) is 12.5. The summed E-state index contributed by atoms with van der Waals surface area (Å²) >= 11 is 0. The number of nitrogens with zero attached hydrogens (tertiary/aromatic N) is 2. The fourth-order valence-electron chi connectivity index (χ4n) is 3.31. The highest BCUT2D eigenvalue weighted by Crippen LogP contribution is 2.14. The molecular formula is C25H35N3O4S. The van der Waals surface area contributed by atoms with Crippen molar-refractivity contribution in [3.05, 3.63) is 71.8 Å². The van der Waals surface area contributed by atoms with Crippen LogP contribution < -0.4 is 5.32 Å². The first-order chi connectivity index (χ1) is 15.6. The summed E-state index contributed by atoms with van der Waals surface area (Å²) in [6.45, 7) is 6.30. The summed E-state index contributed by atoms with van der Waals surface area (Å²) < 4.78 is 26.0.